The normalized spacial score (nSPS) is 32.2. The highest BCUT2D eigenvalue weighted by Gasteiger charge is 2.72. The number of ether oxygens (including phenoxy) is 1. The Kier molecular flexibility index (Phi) is 5.88. The van der Waals surface area contributed by atoms with Crippen molar-refractivity contribution in [1.29, 1.82) is 0 Å². The summed E-state index contributed by atoms with van der Waals surface area (Å²) in [6.45, 7) is 5.84. The van der Waals surface area contributed by atoms with Crippen molar-refractivity contribution in [2.24, 2.45) is 5.92 Å². The maximum Gasteiger partial charge on any atom is 0.227 e. The third-order valence-electron chi connectivity index (χ3n) is 9.22. The van der Waals surface area contributed by atoms with Crippen LogP contribution in [-0.4, -0.2) is 64.7 Å². The van der Waals surface area contributed by atoms with Gasteiger partial charge in [0.1, 0.15) is 11.9 Å². The van der Waals surface area contributed by atoms with Gasteiger partial charge in [0.05, 0.1) is 33.5 Å². The fourth-order valence-corrected chi connectivity index (χ4v) is 8.08. The molecule has 192 valence electrons. The van der Waals surface area contributed by atoms with Crippen molar-refractivity contribution in [2.45, 2.75) is 75.2 Å². The lowest BCUT2D eigenvalue weighted by Crippen LogP contribution is -2.78. The summed E-state index contributed by atoms with van der Waals surface area (Å²) in [5.74, 6) is 1.26. The first-order chi connectivity index (χ1) is 17.2. The minimum atomic E-state index is -0.864. The summed E-state index contributed by atoms with van der Waals surface area (Å²) in [4.78, 5) is 18.3. The van der Waals surface area contributed by atoms with E-state index < -0.39 is 11.0 Å². The number of aliphatic hydroxyl groups is 1. The quantitative estimate of drug-likeness (QED) is 0.601. The number of likely N-dealkylation sites (N-methyl/N-ethyl adjacent to an activating group) is 1. The first kappa shape index (κ1) is 24.5. The first-order valence-corrected chi connectivity index (χ1v) is 13.9. The third kappa shape index (κ3) is 3.39. The molecule has 1 saturated carbocycles. The van der Waals surface area contributed by atoms with Crippen LogP contribution in [0.5, 0.6) is 5.75 Å². The number of amides is 1. The maximum atomic E-state index is 13.9. The first-order valence-electron chi connectivity index (χ1n) is 13.1. The zero-order valence-corrected chi connectivity index (χ0v) is 22.6. The van der Waals surface area contributed by atoms with E-state index >= 15 is 0 Å². The predicted octanol–water partition coefficient (Wildman–Crippen LogP) is 4.87. The summed E-state index contributed by atoms with van der Waals surface area (Å²) in [6, 6.07) is 11.7. The molecule has 7 heteroatoms. The Bertz CT molecular complexity index is 1220. The third-order valence-corrected chi connectivity index (χ3v) is 9.96. The second-order valence-corrected chi connectivity index (χ2v) is 12.5. The van der Waals surface area contributed by atoms with Crippen LogP contribution in [0.1, 0.15) is 49.8 Å². The molecule has 0 aromatic heterocycles. The van der Waals surface area contributed by atoms with Crippen LogP contribution in [-0.2, 0) is 23.1 Å². The molecule has 1 amide bonds. The van der Waals surface area contributed by atoms with Gasteiger partial charge in [0, 0.05) is 18.2 Å². The Balaban J connectivity index is 1.40. The van der Waals surface area contributed by atoms with Gasteiger partial charge < -0.3 is 19.6 Å². The fourth-order valence-electron chi connectivity index (χ4n) is 7.76. The average molecular weight is 530 g/mol. The summed E-state index contributed by atoms with van der Waals surface area (Å²) < 4.78 is 6.78. The number of benzene rings is 2. The Labute approximate surface area is 223 Å². The van der Waals surface area contributed by atoms with Crippen molar-refractivity contribution >= 4 is 29.1 Å². The van der Waals surface area contributed by atoms with E-state index in [4.69, 9.17) is 27.9 Å². The van der Waals surface area contributed by atoms with Crippen LogP contribution in [0, 0.1) is 5.92 Å². The van der Waals surface area contributed by atoms with Gasteiger partial charge in [-0.3, -0.25) is 4.79 Å². The van der Waals surface area contributed by atoms with E-state index in [2.05, 4.69) is 37.9 Å². The number of carbonyl (C=O) groups is 1. The van der Waals surface area contributed by atoms with Gasteiger partial charge in [-0.15, -0.1) is 0 Å². The minimum Gasteiger partial charge on any atom is -0.487 e. The molecule has 2 aliphatic carbocycles. The second kappa shape index (κ2) is 8.62. The molecule has 4 aliphatic rings. The van der Waals surface area contributed by atoms with E-state index in [1.807, 2.05) is 17.0 Å². The highest BCUT2D eigenvalue weighted by Crippen LogP contribution is 2.64. The van der Waals surface area contributed by atoms with Gasteiger partial charge in [-0.25, -0.2) is 0 Å². The zero-order valence-electron chi connectivity index (χ0n) is 21.1. The molecule has 2 aliphatic heterocycles. The molecule has 0 unspecified atom stereocenters. The van der Waals surface area contributed by atoms with Crippen LogP contribution >= 0.6 is 23.2 Å². The van der Waals surface area contributed by atoms with E-state index in [0.29, 0.717) is 28.9 Å². The second-order valence-electron chi connectivity index (χ2n) is 11.6. The predicted molar refractivity (Wildman–Crippen MR) is 142 cm³/mol. The number of rotatable bonds is 5. The van der Waals surface area contributed by atoms with Gasteiger partial charge in [-0.05, 0) is 74.5 Å². The SMILES string of the molecule is CC(C)CN(C(=O)Cc1ccc(Cl)c(Cl)c1)[C@H]1CC[C@@]2(O)[C@H]3Cc4cccc5c4[C@@]2(CCN3C)[C@H]1O5. The summed E-state index contributed by atoms with van der Waals surface area (Å²) in [5.41, 5.74) is 1.99. The number of likely N-dealkylation sites (tertiary alicyclic amines) is 1. The van der Waals surface area contributed by atoms with Crippen molar-refractivity contribution in [3.05, 3.63) is 63.1 Å². The number of piperidine rings is 1. The number of halogens is 2. The average Bonchev–Trinajstić information content (AvgIpc) is 3.17. The number of nitrogens with zero attached hydrogens (tertiary/aromatic N) is 2. The molecule has 5 atom stereocenters. The molecule has 2 aromatic rings. The molecule has 1 spiro atoms. The summed E-state index contributed by atoms with van der Waals surface area (Å²) >= 11 is 12.4. The van der Waals surface area contributed by atoms with Gasteiger partial charge in [-0.2, -0.15) is 0 Å². The molecule has 2 fully saturated rings. The summed E-state index contributed by atoms with van der Waals surface area (Å²) in [7, 11) is 2.13. The van der Waals surface area contributed by atoms with Gasteiger partial charge in [0.25, 0.3) is 0 Å². The van der Waals surface area contributed by atoms with Crippen molar-refractivity contribution in [3.8, 4) is 5.75 Å². The Morgan fingerprint density at radius 1 is 1.22 bits per heavy atom. The molecular weight excluding hydrogens is 495 g/mol. The van der Waals surface area contributed by atoms with Crippen LogP contribution in [0.4, 0.5) is 0 Å². The molecule has 6 rings (SSSR count). The minimum absolute atomic E-state index is 0.0598. The van der Waals surface area contributed by atoms with Gasteiger partial charge in [0.2, 0.25) is 5.91 Å². The number of hydrogen-bond donors (Lipinski definition) is 1. The van der Waals surface area contributed by atoms with E-state index in [9.17, 15) is 9.90 Å². The molecule has 2 heterocycles. The van der Waals surface area contributed by atoms with E-state index in [-0.39, 0.29) is 30.5 Å². The topological polar surface area (TPSA) is 53.0 Å². The Morgan fingerprint density at radius 3 is 2.78 bits per heavy atom. The molecule has 2 aromatic carbocycles. The van der Waals surface area contributed by atoms with E-state index in [1.54, 1.807) is 12.1 Å². The standard InChI is InChI=1S/C29H34Cl2N2O3/c1-17(2)16-33(25(34)14-18-7-8-20(30)21(31)13-18)22-9-10-29(35)24-15-19-5-4-6-23-26(19)28(29,27(22)36-23)11-12-32(24)3/h4-8,13,17,22,24,27,35H,9-12,14-16H2,1-3H3/t22-,24+,27-,28-,29+/m0/s1. The van der Waals surface area contributed by atoms with Crippen LogP contribution in [0.25, 0.3) is 0 Å². The van der Waals surface area contributed by atoms with E-state index in [0.717, 1.165) is 37.1 Å². The molecular formula is C29H34Cl2N2O3. The largest absolute Gasteiger partial charge is 0.487 e. The lowest BCUT2D eigenvalue weighted by atomic mass is 9.48. The smallest absolute Gasteiger partial charge is 0.227 e. The van der Waals surface area contributed by atoms with Crippen molar-refractivity contribution in [1.82, 2.24) is 9.80 Å². The monoisotopic (exact) mass is 528 g/mol. The number of carbonyl (C=O) groups excluding carboxylic acids is 1. The van der Waals surface area contributed by atoms with Gasteiger partial charge in [0.15, 0.2) is 0 Å². The van der Waals surface area contributed by atoms with Crippen LogP contribution in [0.3, 0.4) is 0 Å². The molecule has 2 bridgehead atoms. The lowest BCUT2D eigenvalue weighted by molar-refractivity contribution is -0.198. The van der Waals surface area contributed by atoms with Gasteiger partial charge in [-0.1, -0.05) is 55.2 Å². The zero-order chi connectivity index (χ0) is 25.4. The molecule has 1 saturated heterocycles. The highest BCUT2D eigenvalue weighted by atomic mass is 35.5. The van der Waals surface area contributed by atoms with Gasteiger partial charge >= 0.3 is 0 Å². The molecule has 0 radical (unpaired) electrons. The summed E-state index contributed by atoms with van der Waals surface area (Å²) in [6.07, 6.45) is 3.04. The van der Waals surface area contributed by atoms with Crippen LogP contribution < -0.4 is 4.74 Å². The molecule has 5 nitrogen and oxygen atoms in total. The fraction of sp³-hybridized carbons (Fsp3) is 0.552. The Hall–Kier alpha value is -1.79. The van der Waals surface area contributed by atoms with Crippen molar-refractivity contribution in [3.63, 3.8) is 0 Å². The van der Waals surface area contributed by atoms with E-state index in [1.165, 1.54) is 11.1 Å². The van der Waals surface area contributed by atoms with Crippen LogP contribution in [0.15, 0.2) is 36.4 Å². The Morgan fingerprint density at radius 2 is 2.03 bits per heavy atom. The van der Waals surface area contributed by atoms with Crippen molar-refractivity contribution < 1.29 is 14.6 Å². The molecule has 1 N–H and O–H groups in total. The molecule has 36 heavy (non-hydrogen) atoms. The van der Waals surface area contributed by atoms with Crippen molar-refractivity contribution in [2.75, 3.05) is 20.1 Å². The number of hydrogen-bond acceptors (Lipinski definition) is 4. The lowest BCUT2D eigenvalue weighted by Gasteiger charge is -2.64. The van der Waals surface area contributed by atoms with Crippen LogP contribution in [0.2, 0.25) is 10.0 Å². The summed E-state index contributed by atoms with van der Waals surface area (Å²) in [5, 5.41) is 13.4. The maximum absolute atomic E-state index is 13.9. The highest BCUT2D eigenvalue weighted by molar-refractivity contribution is 6.42.